The van der Waals surface area contributed by atoms with Crippen molar-refractivity contribution in [1.82, 2.24) is 5.32 Å². The van der Waals surface area contributed by atoms with Crippen LogP contribution in [-0.2, 0) is 16.2 Å². The third-order valence-electron chi connectivity index (χ3n) is 7.41. The summed E-state index contributed by atoms with van der Waals surface area (Å²) >= 11 is 3.72. The molecule has 0 aromatic heterocycles. The van der Waals surface area contributed by atoms with Gasteiger partial charge in [0.1, 0.15) is 6.61 Å². The molecule has 0 atom stereocenters. The summed E-state index contributed by atoms with van der Waals surface area (Å²) in [7, 11) is 0. The number of nitrogens with one attached hydrogen (secondary N) is 1. The van der Waals surface area contributed by atoms with Gasteiger partial charge in [0.2, 0.25) is 0 Å². The van der Waals surface area contributed by atoms with E-state index in [9.17, 15) is 9.59 Å². The zero-order valence-electron chi connectivity index (χ0n) is 21.1. The van der Waals surface area contributed by atoms with E-state index in [4.69, 9.17) is 9.47 Å². The van der Waals surface area contributed by atoms with E-state index in [0.29, 0.717) is 37.6 Å². The highest BCUT2D eigenvalue weighted by molar-refractivity contribution is 9.10. The second-order valence-corrected chi connectivity index (χ2v) is 10.7. The molecule has 2 aromatic carbocycles. The molecule has 2 aliphatic carbocycles. The fourth-order valence-electron chi connectivity index (χ4n) is 5.52. The van der Waals surface area contributed by atoms with Gasteiger partial charge in [0.15, 0.2) is 23.1 Å². The van der Waals surface area contributed by atoms with Crippen molar-refractivity contribution in [2.75, 3.05) is 6.61 Å². The third kappa shape index (κ3) is 4.63. The van der Waals surface area contributed by atoms with E-state index in [2.05, 4.69) is 53.3 Å². The van der Waals surface area contributed by atoms with Crippen LogP contribution in [0.3, 0.4) is 0 Å². The quantitative estimate of drug-likeness (QED) is 0.432. The second-order valence-electron chi connectivity index (χ2n) is 9.87. The first-order valence-electron chi connectivity index (χ1n) is 12.8. The van der Waals surface area contributed by atoms with E-state index in [1.165, 1.54) is 11.1 Å². The summed E-state index contributed by atoms with van der Waals surface area (Å²) in [5, 5.41) is 3.48. The number of halogens is 1. The minimum absolute atomic E-state index is 0.128. The molecule has 0 amide bonds. The number of carbonyl (C=O) groups is 2. The van der Waals surface area contributed by atoms with E-state index in [1.54, 1.807) is 0 Å². The molecule has 0 radical (unpaired) electrons. The molecule has 188 valence electrons. The highest BCUT2D eigenvalue weighted by Gasteiger charge is 2.40. The van der Waals surface area contributed by atoms with Crippen LogP contribution in [0.2, 0.25) is 0 Å². The third-order valence-corrected chi connectivity index (χ3v) is 8.00. The van der Waals surface area contributed by atoms with Gasteiger partial charge in [-0.05, 0) is 96.8 Å². The number of Topliss-reactive ketones (excluding diaryl/α,β-unsaturated/α-hetero) is 2. The molecular formula is C30H32BrNO4. The van der Waals surface area contributed by atoms with Crippen molar-refractivity contribution in [2.45, 2.75) is 71.8 Å². The molecular weight excluding hydrogens is 518 g/mol. The van der Waals surface area contributed by atoms with Crippen molar-refractivity contribution < 1.29 is 19.1 Å². The Kier molecular flexibility index (Phi) is 7.07. The van der Waals surface area contributed by atoms with E-state index in [1.807, 2.05) is 19.1 Å². The fraction of sp³-hybridized carbons (Fsp3) is 0.400. The number of benzene rings is 2. The summed E-state index contributed by atoms with van der Waals surface area (Å²) in [6.07, 6.45) is 4.38. The van der Waals surface area contributed by atoms with Gasteiger partial charge in [-0.15, -0.1) is 0 Å². The van der Waals surface area contributed by atoms with E-state index < -0.39 is 0 Å². The molecule has 36 heavy (non-hydrogen) atoms. The van der Waals surface area contributed by atoms with Gasteiger partial charge >= 0.3 is 0 Å². The Bertz CT molecular complexity index is 1260. The molecule has 3 aliphatic rings. The first-order chi connectivity index (χ1) is 17.4. The van der Waals surface area contributed by atoms with Crippen LogP contribution in [0.25, 0.3) is 0 Å². The molecule has 0 saturated carbocycles. The van der Waals surface area contributed by atoms with Gasteiger partial charge in [0, 0.05) is 41.3 Å². The smallest absolute Gasteiger partial charge is 0.175 e. The van der Waals surface area contributed by atoms with Crippen LogP contribution in [0.1, 0.15) is 73.6 Å². The largest absolute Gasteiger partial charge is 0.490 e. The minimum atomic E-state index is -0.374. The minimum Gasteiger partial charge on any atom is -0.490 e. The van der Waals surface area contributed by atoms with Crippen molar-refractivity contribution in [3.63, 3.8) is 0 Å². The van der Waals surface area contributed by atoms with E-state index in [-0.39, 0.29) is 17.5 Å². The topological polar surface area (TPSA) is 64.6 Å². The number of ketones is 2. The first-order valence-corrected chi connectivity index (χ1v) is 13.6. The monoisotopic (exact) mass is 549 g/mol. The average molecular weight is 550 g/mol. The molecule has 0 spiro atoms. The number of dihydropyridines is 1. The van der Waals surface area contributed by atoms with Crippen LogP contribution in [0.15, 0.2) is 57.3 Å². The average Bonchev–Trinajstić information content (AvgIpc) is 2.85. The molecule has 1 aliphatic heterocycles. The number of carbonyl (C=O) groups excluding carboxylic acids is 2. The lowest BCUT2D eigenvalue weighted by molar-refractivity contribution is -0.117. The number of allylic oxidation sites excluding steroid dienone is 4. The molecule has 2 aromatic rings. The number of hydrogen-bond acceptors (Lipinski definition) is 5. The zero-order valence-corrected chi connectivity index (χ0v) is 22.7. The van der Waals surface area contributed by atoms with Crippen LogP contribution in [0, 0.1) is 13.8 Å². The van der Waals surface area contributed by atoms with Crippen LogP contribution >= 0.6 is 15.9 Å². The Morgan fingerprint density at radius 1 is 0.889 bits per heavy atom. The Hall–Kier alpha value is -2.86. The van der Waals surface area contributed by atoms with Gasteiger partial charge < -0.3 is 14.8 Å². The molecule has 0 fully saturated rings. The summed E-state index contributed by atoms with van der Waals surface area (Å²) in [6.45, 7) is 7.02. The predicted octanol–water partition coefficient (Wildman–Crippen LogP) is 6.74. The lowest BCUT2D eigenvalue weighted by Crippen LogP contribution is -2.36. The van der Waals surface area contributed by atoms with E-state index >= 15 is 0 Å². The van der Waals surface area contributed by atoms with Gasteiger partial charge in [0.25, 0.3) is 0 Å². The number of hydrogen-bond donors (Lipinski definition) is 1. The number of rotatable bonds is 6. The maximum absolute atomic E-state index is 13.2. The van der Waals surface area contributed by atoms with Gasteiger partial charge in [-0.3, -0.25) is 9.59 Å². The molecule has 0 bridgehead atoms. The lowest BCUT2D eigenvalue weighted by Gasteiger charge is -2.37. The maximum atomic E-state index is 13.2. The van der Waals surface area contributed by atoms with Gasteiger partial charge in [-0.2, -0.15) is 0 Å². The number of ether oxygens (including phenoxy) is 2. The normalized spacial score (nSPS) is 18.1. The van der Waals surface area contributed by atoms with Crippen molar-refractivity contribution in [2.24, 2.45) is 0 Å². The molecule has 1 N–H and O–H groups in total. The van der Waals surface area contributed by atoms with E-state index in [0.717, 1.165) is 63.8 Å². The van der Waals surface area contributed by atoms with Crippen LogP contribution in [-0.4, -0.2) is 18.2 Å². The van der Waals surface area contributed by atoms with Crippen molar-refractivity contribution >= 4 is 27.5 Å². The van der Waals surface area contributed by atoms with Crippen LogP contribution in [0.4, 0.5) is 0 Å². The maximum Gasteiger partial charge on any atom is 0.175 e. The van der Waals surface area contributed by atoms with Gasteiger partial charge in [-0.25, -0.2) is 0 Å². The summed E-state index contributed by atoms with van der Waals surface area (Å²) in [5.41, 5.74) is 7.89. The lowest BCUT2D eigenvalue weighted by atomic mass is 9.71. The highest BCUT2D eigenvalue weighted by Crippen LogP contribution is 2.48. The Morgan fingerprint density at radius 2 is 1.56 bits per heavy atom. The zero-order chi connectivity index (χ0) is 25.4. The second kappa shape index (κ2) is 10.3. The molecule has 5 rings (SSSR count). The van der Waals surface area contributed by atoms with Crippen molar-refractivity contribution in [1.29, 1.82) is 0 Å². The fourth-order valence-corrected chi connectivity index (χ4v) is 6.10. The first kappa shape index (κ1) is 24.8. The molecule has 0 saturated heterocycles. The highest BCUT2D eigenvalue weighted by atomic mass is 79.9. The summed E-state index contributed by atoms with van der Waals surface area (Å²) in [4.78, 5) is 26.3. The standard InChI is InChI=1S/C30H32BrNO4/c1-4-35-26-15-20(14-21(31)30(26)36-16-19-12-11-17(2)18(3)13-19)27-28-22(7-5-9-24(28)33)32-23-8-6-10-25(34)29(23)27/h11-15,27,32H,4-10,16H2,1-3H3. The summed E-state index contributed by atoms with van der Waals surface area (Å²) < 4.78 is 13.0. The molecule has 1 heterocycles. The Labute approximate surface area is 221 Å². The van der Waals surface area contributed by atoms with Crippen LogP contribution in [0.5, 0.6) is 11.5 Å². The van der Waals surface area contributed by atoms with Crippen molar-refractivity contribution in [3.05, 3.63) is 79.6 Å². The summed E-state index contributed by atoms with van der Waals surface area (Å²) in [5.74, 6) is 1.12. The molecule has 0 unspecified atom stereocenters. The molecule has 6 heteroatoms. The summed E-state index contributed by atoms with van der Waals surface area (Å²) in [6, 6.07) is 10.3. The van der Waals surface area contributed by atoms with Gasteiger partial charge in [0.05, 0.1) is 11.1 Å². The molecule has 5 nitrogen and oxygen atoms in total. The Balaban J connectivity index is 1.56. The SMILES string of the molecule is CCOc1cc(C2C3=C(CCCC3=O)NC3=C2C(=O)CCC3)cc(Br)c1OCc1ccc(C)c(C)c1. The number of aryl methyl sites for hydroxylation is 2. The Morgan fingerprint density at radius 3 is 2.17 bits per heavy atom. The van der Waals surface area contributed by atoms with Crippen molar-refractivity contribution in [3.8, 4) is 11.5 Å². The van der Waals surface area contributed by atoms with Crippen LogP contribution < -0.4 is 14.8 Å². The van der Waals surface area contributed by atoms with Gasteiger partial charge in [-0.1, -0.05) is 18.2 Å². The predicted molar refractivity (Wildman–Crippen MR) is 143 cm³/mol.